The van der Waals surface area contributed by atoms with E-state index in [9.17, 15) is 0 Å². The third-order valence-corrected chi connectivity index (χ3v) is 5.15. The predicted molar refractivity (Wildman–Crippen MR) is 93.6 cm³/mol. The van der Waals surface area contributed by atoms with E-state index in [0.717, 1.165) is 47.1 Å². The molecule has 1 saturated carbocycles. The molecule has 0 amide bonds. The molecule has 2 heterocycles. The minimum Gasteiger partial charge on any atom is -0.334 e. The van der Waals surface area contributed by atoms with Crippen molar-refractivity contribution in [1.82, 2.24) is 19.9 Å². The normalized spacial score (nSPS) is 16.6. The number of rotatable bonds is 3. The third-order valence-electron chi connectivity index (χ3n) is 4.66. The van der Waals surface area contributed by atoms with Crippen LogP contribution in [0, 0.1) is 6.92 Å². The molecule has 1 fully saturated rings. The number of halogens is 1. The lowest BCUT2D eigenvalue weighted by atomic mass is 9.99. The lowest BCUT2D eigenvalue weighted by Gasteiger charge is -2.17. The minimum atomic E-state index is -0.448. The van der Waals surface area contributed by atoms with Gasteiger partial charge in [-0.2, -0.15) is 10.1 Å². The Hall–Kier alpha value is -1.99. The van der Waals surface area contributed by atoms with Gasteiger partial charge < -0.3 is 10.3 Å². The molecule has 0 saturated heterocycles. The molecule has 4 rings (SSSR count). The average molecular weight is 388 g/mol. The van der Waals surface area contributed by atoms with Gasteiger partial charge in [0.05, 0.1) is 28.7 Å². The smallest absolute Gasteiger partial charge is 0.261 e. The Morgan fingerprint density at radius 2 is 2.08 bits per heavy atom. The standard InChI is InChI=1S/C17H18BrN5O/c1-11-14(10-20-23(11)13-6-4-5-12(18)9-13)15-21-16(22-24-15)17(19)7-2-3-8-17/h4-6,9-10H,2-3,7-8,19H2,1H3. The molecule has 1 aliphatic rings. The van der Waals surface area contributed by atoms with Gasteiger partial charge in [-0.25, -0.2) is 4.68 Å². The molecule has 0 bridgehead atoms. The van der Waals surface area contributed by atoms with Crippen molar-refractivity contribution < 1.29 is 4.52 Å². The Bertz CT molecular complexity index is 879. The van der Waals surface area contributed by atoms with Crippen LogP contribution >= 0.6 is 15.9 Å². The molecule has 0 unspecified atom stereocenters. The predicted octanol–water partition coefficient (Wildman–Crippen LogP) is 3.72. The maximum absolute atomic E-state index is 6.41. The summed E-state index contributed by atoms with van der Waals surface area (Å²) in [5.41, 5.74) is 8.71. The fourth-order valence-corrected chi connectivity index (χ4v) is 3.64. The number of nitrogens with zero attached hydrogens (tertiary/aromatic N) is 4. The minimum absolute atomic E-state index is 0.448. The molecule has 0 aliphatic heterocycles. The van der Waals surface area contributed by atoms with E-state index in [0.29, 0.717) is 11.7 Å². The highest BCUT2D eigenvalue weighted by atomic mass is 79.9. The van der Waals surface area contributed by atoms with Crippen LogP contribution in [-0.4, -0.2) is 19.9 Å². The van der Waals surface area contributed by atoms with E-state index in [1.54, 1.807) is 6.20 Å². The van der Waals surface area contributed by atoms with Gasteiger partial charge in [0.25, 0.3) is 5.89 Å². The van der Waals surface area contributed by atoms with Crippen LogP contribution in [0.3, 0.4) is 0 Å². The van der Waals surface area contributed by atoms with Crippen LogP contribution in [0.4, 0.5) is 0 Å². The molecular weight excluding hydrogens is 370 g/mol. The van der Waals surface area contributed by atoms with Gasteiger partial charge in [-0.1, -0.05) is 40.0 Å². The molecule has 2 aromatic heterocycles. The summed E-state index contributed by atoms with van der Waals surface area (Å²) < 4.78 is 8.34. The Labute approximate surface area is 148 Å². The van der Waals surface area contributed by atoms with Crippen molar-refractivity contribution >= 4 is 15.9 Å². The van der Waals surface area contributed by atoms with E-state index < -0.39 is 5.54 Å². The zero-order chi connectivity index (χ0) is 16.7. The Morgan fingerprint density at radius 3 is 2.83 bits per heavy atom. The molecule has 1 aromatic carbocycles. The SMILES string of the molecule is Cc1c(-c2nc(C3(N)CCCC3)no2)cnn1-c1cccc(Br)c1. The third kappa shape index (κ3) is 2.57. The average Bonchev–Trinajstić information content (AvgIpc) is 3.27. The Balaban J connectivity index is 1.70. The topological polar surface area (TPSA) is 82.8 Å². The summed E-state index contributed by atoms with van der Waals surface area (Å²) in [4.78, 5) is 4.55. The van der Waals surface area contributed by atoms with Crippen LogP contribution in [0.2, 0.25) is 0 Å². The van der Waals surface area contributed by atoms with Crippen LogP contribution < -0.4 is 5.73 Å². The zero-order valence-corrected chi connectivity index (χ0v) is 15.0. The number of nitrogens with two attached hydrogens (primary N) is 1. The molecule has 3 aromatic rings. The second-order valence-corrected chi connectivity index (χ2v) is 7.24. The molecule has 2 N–H and O–H groups in total. The van der Waals surface area contributed by atoms with Crippen molar-refractivity contribution in [2.45, 2.75) is 38.1 Å². The first kappa shape index (κ1) is 15.5. The van der Waals surface area contributed by atoms with Crippen molar-refractivity contribution in [2.75, 3.05) is 0 Å². The van der Waals surface area contributed by atoms with E-state index in [2.05, 4.69) is 31.2 Å². The van der Waals surface area contributed by atoms with Crippen LogP contribution in [0.15, 0.2) is 39.5 Å². The summed E-state index contributed by atoms with van der Waals surface area (Å²) in [6.07, 6.45) is 5.79. The van der Waals surface area contributed by atoms with E-state index in [1.807, 2.05) is 35.9 Å². The number of hydrogen-bond acceptors (Lipinski definition) is 5. The van der Waals surface area contributed by atoms with Gasteiger partial charge in [-0.15, -0.1) is 0 Å². The summed E-state index contributed by atoms with van der Waals surface area (Å²) in [6, 6.07) is 7.97. The van der Waals surface area contributed by atoms with Crippen LogP contribution in [0.1, 0.15) is 37.2 Å². The number of aromatic nitrogens is 4. The van der Waals surface area contributed by atoms with Gasteiger partial charge in [-0.05, 0) is 38.0 Å². The largest absolute Gasteiger partial charge is 0.334 e. The number of benzene rings is 1. The van der Waals surface area contributed by atoms with Crippen molar-refractivity contribution in [3.05, 3.63) is 46.5 Å². The van der Waals surface area contributed by atoms with Gasteiger partial charge in [0, 0.05) is 4.47 Å². The highest BCUT2D eigenvalue weighted by molar-refractivity contribution is 9.10. The number of hydrogen-bond donors (Lipinski definition) is 1. The van der Waals surface area contributed by atoms with Crippen LogP contribution in [0.5, 0.6) is 0 Å². The van der Waals surface area contributed by atoms with E-state index in [4.69, 9.17) is 10.3 Å². The second kappa shape index (κ2) is 5.82. The van der Waals surface area contributed by atoms with Gasteiger partial charge in [0.1, 0.15) is 0 Å². The Kier molecular flexibility index (Phi) is 3.77. The van der Waals surface area contributed by atoms with Crippen molar-refractivity contribution in [2.24, 2.45) is 5.73 Å². The lowest BCUT2D eigenvalue weighted by Crippen LogP contribution is -2.34. The van der Waals surface area contributed by atoms with E-state index in [-0.39, 0.29) is 0 Å². The van der Waals surface area contributed by atoms with Gasteiger partial charge in [-0.3, -0.25) is 0 Å². The maximum Gasteiger partial charge on any atom is 0.261 e. The zero-order valence-electron chi connectivity index (χ0n) is 13.4. The summed E-state index contributed by atoms with van der Waals surface area (Å²) in [5, 5.41) is 8.59. The first-order valence-corrected chi connectivity index (χ1v) is 8.80. The highest BCUT2D eigenvalue weighted by Gasteiger charge is 2.36. The van der Waals surface area contributed by atoms with Crippen LogP contribution in [0.25, 0.3) is 17.1 Å². The molecule has 0 atom stereocenters. The molecule has 0 spiro atoms. The van der Waals surface area contributed by atoms with E-state index >= 15 is 0 Å². The summed E-state index contributed by atoms with van der Waals surface area (Å²) in [7, 11) is 0. The summed E-state index contributed by atoms with van der Waals surface area (Å²) in [6.45, 7) is 1.99. The van der Waals surface area contributed by atoms with Gasteiger partial charge in [0.2, 0.25) is 0 Å². The molecule has 124 valence electrons. The van der Waals surface area contributed by atoms with Crippen LogP contribution in [-0.2, 0) is 5.54 Å². The summed E-state index contributed by atoms with van der Waals surface area (Å²) in [5.74, 6) is 1.07. The van der Waals surface area contributed by atoms with Gasteiger partial charge >= 0.3 is 0 Å². The molecule has 1 aliphatic carbocycles. The van der Waals surface area contributed by atoms with Crippen molar-refractivity contribution in [3.63, 3.8) is 0 Å². The monoisotopic (exact) mass is 387 g/mol. The molecular formula is C17H18BrN5O. The molecule has 0 radical (unpaired) electrons. The van der Waals surface area contributed by atoms with Crippen molar-refractivity contribution in [3.8, 4) is 17.1 Å². The highest BCUT2D eigenvalue weighted by Crippen LogP contribution is 2.35. The molecule has 7 heteroatoms. The second-order valence-electron chi connectivity index (χ2n) is 6.32. The maximum atomic E-state index is 6.41. The first-order chi connectivity index (χ1) is 11.6. The fourth-order valence-electron chi connectivity index (χ4n) is 3.25. The molecule has 24 heavy (non-hydrogen) atoms. The molecule has 6 nitrogen and oxygen atoms in total. The van der Waals surface area contributed by atoms with Crippen molar-refractivity contribution in [1.29, 1.82) is 0 Å². The lowest BCUT2D eigenvalue weighted by molar-refractivity contribution is 0.372. The Morgan fingerprint density at radius 1 is 1.29 bits per heavy atom. The van der Waals surface area contributed by atoms with E-state index in [1.165, 1.54) is 0 Å². The fraction of sp³-hybridized carbons (Fsp3) is 0.353. The first-order valence-electron chi connectivity index (χ1n) is 8.01. The van der Waals surface area contributed by atoms with Gasteiger partial charge in [0.15, 0.2) is 5.82 Å². The quantitative estimate of drug-likeness (QED) is 0.740. The summed E-state index contributed by atoms with van der Waals surface area (Å²) >= 11 is 3.49.